The van der Waals surface area contributed by atoms with Gasteiger partial charge >= 0.3 is 0 Å². The molecule has 0 aliphatic carbocycles. The molecule has 5 heteroatoms. The highest BCUT2D eigenvalue weighted by molar-refractivity contribution is 7.98. The summed E-state index contributed by atoms with van der Waals surface area (Å²) < 4.78 is 0. The molecule has 4 rings (SSSR count). The number of thioether (sulfide) groups is 1. The van der Waals surface area contributed by atoms with E-state index in [0.29, 0.717) is 6.04 Å². The van der Waals surface area contributed by atoms with E-state index in [0.717, 1.165) is 25.3 Å². The number of carbonyl (C=O) groups is 1. The SMILES string of the molecule is O=CO.OCC1CCCCN1Cc1ccccc1CSc1cccc2ccccc12. The van der Waals surface area contributed by atoms with Crippen molar-refractivity contribution in [2.24, 2.45) is 0 Å². The number of aliphatic hydroxyl groups is 1. The van der Waals surface area contributed by atoms with E-state index in [4.69, 9.17) is 9.90 Å². The molecule has 0 bridgehead atoms. The van der Waals surface area contributed by atoms with Crippen LogP contribution in [0.5, 0.6) is 0 Å². The first-order valence-electron chi connectivity index (χ1n) is 10.4. The molecular formula is C25H29NO3S. The molecule has 0 amide bonds. The lowest BCUT2D eigenvalue weighted by Crippen LogP contribution is -2.41. The topological polar surface area (TPSA) is 60.8 Å². The van der Waals surface area contributed by atoms with Crippen LogP contribution in [0.3, 0.4) is 0 Å². The number of rotatable bonds is 6. The molecule has 1 aliphatic rings. The van der Waals surface area contributed by atoms with Crippen LogP contribution < -0.4 is 0 Å². The number of fused-ring (bicyclic) bond motifs is 1. The average Bonchev–Trinajstić information content (AvgIpc) is 2.79. The summed E-state index contributed by atoms with van der Waals surface area (Å²) >= 11 is 1.92. The average molecular weight is 424 g/mol. The Balaban J connectivity index is 0.000000806. The summed E-state index contributed by atoms with van der Waals surface area (Å²) in [5.74, 6) is 0.974. The molecule has 3 aromatic carbocycles. The van der Waals surface area contributed by atoms with Gasteiger partial charge in [0.15, 0.2) is 0 Å². The highest BCUT2D eigenvalue weighted by Crippen LogP contribution is 2.31. The second kappa shape index (κ2) is 11.7. The van der Waals surface area contributed by atoms with Gasteiger partial charge in [0, 0.05) is 23.2 Å². The molecule has 1 unspecified atom stereocenters. The van der Waals surface area contributed by atoms with Gasteiger partial charge in [-0.2, -0.15) is 0 Å². The molecule has 1 atom stereocenters. The third-order valence-corrected chi connectivity index (χ3v) is 6.71. The number of aliphatic hydroxyl groups excluding tert-OH is 1. The highest BCUT2D eigenvalue weighted by Gasteiger charge is 2.22. The molecule has 1 fully saturated rings. The Bertz CT molecular complexity index is 941. The van der Waals surface area contributed by atoms with Gasteiger partial charge in [0.2, 0.25) is 0 Å². The van der Waals surface area contributed by atoms with Gasteiger partial charge in [-0.1, -0.05) is 67.1 Å². The molecule has 2 N–H and O–H groups in total. The molecule has 0 spiro atoms. The number of hydrogen-bond acceptors (Lipinski definition) is 4. The molecule has 1 aliphatic heterocycles. The first-order valence-corrected chi connectivity index (χ1v) is 11.4. The summed E-state index contributed by atoms with van der Waals surface area (Å²) in [5.41, 5.74) is 2.79. The van der Waals surface area contributed by atoms with E-state index in [2.05, 4.69) is 71.6 Å². The van der Waals surface area contributed by atoms with Gasteiger partial charge in [0.25, 0.3) is 6.47 Å². The van der Waals surface area contributed by atoms with Crippen molar-refractivity contribution in [1.29, 1.82) is 0 Å². The third-order valence-electron chi connectivity index (χ3n) is 5.58. The summed E-state index contributed by atoms with van der Waals surface area (Å²) in [6.07, 6.45) is 3.59. The monoisotopic (exact) mass is 423 g/mol. The van der Waals surface area contributed by atoms with Gasteiger partial charge in [-0.3, -0.25) is 9.69 Å². The molecular weight excluding hydrogens is 394 g/mol. The molecule has 1 heterocycles. The van der Waals surface area contributed by atoms with Crippen LogP contribution in [0.15, 0.2) is 71.6 Å². The van der Waals surface area contributed by atoms with E-state index in [1.54, 1.807) is 0 Å². The Morgan fingerprint density at radius 2 is 1.67 bits per heavy atom. The van der Waals surface area contributed by atoms with Gasteiger partial charge in [-0.05, 0) is 47.4 Å². The lowest BCUT2D eigenvalue weighted by atomic mass is 10.0. The fourth-order valence-electron chi connectivity index (χ4n) is 4.02. The van der Waals surface area contributed by atoms with Crippen LogP contribution in [0, 0.1) is 0 Å². The van der Waals surface area contributed by atoms with Crippen molar-refractivity contribution >= 4 is 29.0 Å². The van der Waals surface area contributed by atoms with Crippen LogP contribution in [0.1, 0.15) is 30.4 Å². The fraction of sp³-hybridized carbons (Fsp3) is 0.320. The highest BCUT2D eigenvalue weighted by atomic mass is 32.2. The van der Waals surface area contributed by atoms with Crippen molar-refractivity contribution in [1.82, 2.24) is 4.90 Å². The largest absolute Gasteiger partial charge is 0.483 e. The minimum Gasteiger partial charge on any atom is -0.483 e. The normalized spacial score (nSPS) is 16.6. The molecule has 0 radical (unpaired) electrons. The third kappa shape index (κ3) is 5.85. The van der Waals surface area contributed by atoms with Crippen molar-refractivity contribution in [3.05, 3.63) is 77.9 Å². The van der Waals surface area contributed by atoms with Gasteiger partial charge in [-0.15, -0.1) is 11.8 Å². The van der Waals surface area contributed by atoms with Gasteiger partial charge in [0.1, 0.15) is 0 Å². The zero-order valence-electron chi connectivity index (χ0n) is 17.1. The second-order valence-corrected chi connectivity index (χ2v) is 8.46. The Morgan fingerprint density at radius 1 is 0.967 bits per heavy atom. The summed E-state index contributed by atoms with van der Waals surface area (Å²) in [5, 5.41) is 19.2. The van der Waals surface area contributed by atoms with E-state index in [1.807, 2.05) is 11.8 Å². The summed E-state index contributed by atoms with van der Waals surface area (Å²) in [6, 6.07) is 24.3. The van der Waals surface area contributed by atoms with Gasteiger partial charge in [-0.25, -0.2) is 0 Å². The minimum absolute atomic E-state index is 0.250. The Labute approximate surface area is 182 Å². The second-order valence-electron chi connectivity index (χ2n) is 7.44. The van der Waals surface area contributed by atoms with Crippen LogP contribution >= 0.6 is 11.8 Å². The van der Waals surface area contributed by atoms with Gasteiger partial charge < -0.3 is 10.2 Å². The number of nitrogens with zero attached hydrogens (tertiary/aromatic N) is 1. The Kier molecular flexibility index (Phi) is 8.75. The van der Waals surface area contributed by atoms with E-state index < -0.39 is 0 Å². The van der Waals surface area contributed by atoms with E-state index in [1.165, 1.54) is 39.6 Å². The number of hydrogen-bond donors (Lipinski definition) is 2. The zero-order valence-corrected chi connectivity index (χ0v) is 17.9. The fourth-order valence-corrected chi connectivity index (χ4v) is 5.13. The molecule has 0 saturated carbocycles. The van der Waals surface area contributed by atoms with Crippen molar-refractivity contribution in [2.45, 2.75) is 42.5 Å². The lowest BCUT2D eigenvalue weighted by Gasteiger charge is -2.35. The van der Waals surface area contributed by atoms with Crippen molar-refractivity contribution in [2.75, 3.05) is 13.2 Å². The zero-order chi connectivity index (χ0) is 21.2. The molecule has 3 aromatic rings. The number of likely N-dealkylation sites (tertiary alicyclic amines) is 1. The van der Waals surface area contributed by atoms with E-state index in [9.17, 15) is 5.11 Å². The van der Waals surface area contributed by atoms with Crippen LogP contribution in [-0.2, 0) is 17.1 Å². The molecule has 0 aromatic heterocycles. The first-order chi connectivity index (χ1) is 14.8. The van der Waals surface area contributed by atoms with Crippen molar-refractivity contribution in [3.8, 4) is 0 Å². The van der Waals surface area contributed by atoms with Crippen LogP contribution in [0.2, 0.25) is 0 Å². The Morgan fingerprint density at radius 3 is 2.47 bits per heavy atom. The number of benzene rings is 3. The van der Waals surface area contributed by atoms with Crippen LogP contribution in [0.4, 0.5) is 0 Å². The minimum atomic E-state index is -0.250. The standard InChI is InChI=1S/C24H27NOS.CH2O2/c26-17-22-12-5-6-15-25(22)16-20-9-1-2-10-21(20)18-27-24-14-7-11-19-8-3-4-13-23(19)24;2-1-3/h1-4,7-11,13-14,22,26H,5-6,12,15-18H2;1H,(H,2,3). The predicted molar refractivity (Wildman–Crippen MR) is 124 cm³/mol. The quantitative estimate of drug-likeness (QED) is 0.423. The summed E-state index contributed by atoms with van der Waals surface area (Å²) in [7, 11) is 0. The predicted octanol–water partition coefficient (Wildman–Crippen LogP) is 5.18. The Hall–Kier alpha value is -2.34. The maximum atomic E-state index is 9.72. The van der Waals surface area contributed by atoms with Crippen molar-refractivity contribution in [3.63, 3.8) is 0 Å². The van der Waals surface area contributed by atoms with Crippen molar-refractivity contribution < 1.29 is 15.0 Å². The summed E-state index contributed by atoms with van der Waals surface area (Å²) in [4.78, 5) is 12.2. The maximum Gasteiger partial charge on any atom is 0.290 e. The van der Waals surface area contributed by atoms with Crippen LogP contribution in [-0.4, -0.2) is 40.8 Å². The first kappa shape index (κ1) is 22.3. The number of carboxylic acid groups (broad SMARTS) is 1. The summed E-state index contributed by atoms with van der Waals surface area (Å²) in [6.45, 7) is 2.06. The molecule has 30 heavy (non-hydrogen) atoms. The van der Waals surface area contributed by atoms with E-state index >= 15 is 0 Å². The van der Waals surface area contributed by atoms with Gasteiger partial charge in [0.05, 0.1) is 6.61 Å². The smallest absolute Gasteiger partial charge is 0.290 e. The van der Waals surface area contributed by atoms with E-state index in [-0.39, 0.29) is 13.1 Å². The molecule has 4 nitrogen and oxygen atoms in total. The molecule has 158 valence electrons. The maximum absolute atomic E-state index is 9.72. The van der Waals surface area contributed by atoms with Crippen LogP contribution in [0.25, 0.3) is 10.8 Å². The lowest BCUT2D eigenvalue weighted by molar-refractivity contribution is -0.122. The molecule has 1 saturated heterocycles. The number of piperidine rings is 1.